The van der Waals surface area contributed by atoms with Gasteiger partial charge < -0.3 is 11.1 Å². The highest BCUT2D eigenvalue weighted by Gasteiger charge is 2.63. The SMILES string of the molecule is NC(=S)c1ccc(NC2(C(F)(F)F)CC2)cn1. The van der Waals surface area contributed by atoms with Crippen LogP contribution in [0, 0.1) is 0 Å². The zero-order valence-electron chi connectivity index (χ0n) is 8.71. The first-order chi connectivity index (χ1) is 7.84. The Hall–Kier alpha value is -1.37. The molecule has 1 aliphatic rings. The van der Waals surface area contributed by atoms with Crippen molar-refractivity contribution < 1.29 is 13.2 Å². The van der Waals surface area contributed by atoms with Crippen molar-refractivity contribution >= 4 is 22.9 Å². The van der Waals surface area contributed by atoms with Crippen LogP contribution in [0.4, 0.5) is 18.9 Å². The van der Waals surface area contributed by atoms with Crippen molar-refractivity contribution in [1.82, 2.24) is 4.98 Å². The number of nitrogens with zero attached hydrogens (tertiary/aromatic N) is 1. The Morgan fingerprint density at radius 3 is 2.41 bits per heavy atom. The molecule has 0 saturated heterocycles. The number of hydrogen-bond donors (Lipinski definition) is 2. The number of nitrogens with two attached hydrogens (primary N) is 1. The summed E-state index contributed by atoms with van der Waals surface area (Å²) < 4.78 is 38.0. The van der Waals surface area contributed by atoms with E-state index in [9.17, 15) is 13.2 Å². The summed E-state index contributed by atoms with van der Waals surface area (Å²) in [5.41, 5.74) is 4.27. The monoisotopic (exact) mass is 261 g/mol. The van der Waals surface area contributed by atoms with E-state index in [1.807, 2.05) is 0 Å². The fraction of sp³-hybridized carbons (Fsp3) is 0.400. The normalized spacial score (nSPS) is 17.6. The van der Waals surface area contributed by atoms with Gasteiger partial charge in [-0.1, -0.05) is 12.2 Å². The summed E-state index contributed by atoms with van der Waals surface area (Å²) in [4.78, 5) is 4.00. The van der Waals surface area contributed by atoms with Crippen LogP contribution in [0.15, 0.2) is 18.3 Å². The Morgan fingerprint density at radius 1 is 1.41 bits per heavy atom. The third kappa shape index (κ3) is 2.33. The van der Waals surface area contributed by atoms with Gasteiger partial charge in [-0.3, -0.25) is 4.98 Å². The molecule has 0 radical (unpaired) electrons. The predicted octanol–water partition coefficient (Wildman–Crippen LogP) is 2.22. The minimum atomic E-state index is -4.24. The Morgan fingerprint density at radius 2 is 2.06 bits per heavy atom. The summed E-state index contributed by atoms with van der Waals surface area (Å²) in [5.74, 6) is 0. The molecule has 0 amide bonds. The molecule has 1 aromatic heterocycles. The molecule has 2 rings (SSSR count). The molecule has 3 nitrogen and oxygen atoms in total. The average molecular weight is 261 g/mol. The Bertz CT molecular complexity index is 437. The number of rotatable bonds is 3. The lowest BCUT2D eigenvalue weighted by Gasteiger charge is -2.21. The molecule has 0 bridgehead atoms. The van der Waals surface area contributed by atoms with E-state index in [4.69, 9.17) is 18.0 Å². The number of thiocarbonyl (C=S) groups is 1. The van der Waals surface area contributed by atoms with Crippen LogP contribution in [-0.2, 0) is 0 Å². The van der Waals surface area contributed by atoms with Crippen LogP contribution >= 0.6 is 12.2 Å². The maximum absolute atomic E-state index is 12.7. The molecule has 7 heteroatoms. The highest BCUT2D eigenvalue weighted by molar-refractivity contribution is 7.80. The molecule has 1 fully saturated rings. The molecule has 1 aliphatic carbocycles. The highest BCUT2D eigenvalue weighted by Crippen LogP contribution is 2.51. The molecule has 0 aromatic carbocycles. The quantitative estimate of drug-likeness (QED) is 0.819. The van der Waals surface area contributed by atoms with Crippen LogP contribution < -0.4 is 11.1 Å². The lowest BCUT2D eigenvalue weighted by molar-refractivity contribution is -0.151. The number of alkyl halides is 3. The summed E-state index contributed by atoms with van der Waals surface area (Å²) >= 11 is 4.70. The zero-order chi connectivity index (χ0) is 12.7. The summed E-state index contributed by atoms with van der Waals surface area (Å²) in [7, 11) is 0. The highest BCUT2D eigenvalue weighted by atomic mass is 32.1. The van der Waals surface area contributed by atoms with E-state index < -0.39 is 11.7 Å². The topological polar surface area (TPSA) is 50.9 Å². The van der Waals surface area contributed by atoms with Gasteiger partial charge in [0.15, 0.2) is 0 Å². The van der Waals surface area contributed by atoms with Crippen molar-refractivity contribution in [2.45, 2.75) is 24.6 Å². The molecule has 1 heterocycles. The first-order valence-electron chi connectivity index (χ1n) is 4.95. The van der Waals surface area contributed by atoms with Crippen molar-refractivity contribution in [1.29, 1.82) is 0 Å². The van der Waals surface area contributed by atoms with Gasteiger partial charge in [-0.05, 0) is 25.0 Å². The van der Waals surface area contributed by atoms with Gasteiger partial charge in [0.25, 0.3) is 0 Å². The second kappa shape index (κ2) is 3.83. The van der Waals surface area contributed by atoms with E-state index >= 15 is 0 Å². The minimum Gasteiger partial charge on any atom is -0.388 e. The van der Waals surface area contributed by atoms with E-state index in [2.05, 4.69) is 10.3 Å². The average Bonchev–Trinajstić information content (AvgIpc) is 2.98. The molecule has 3 N–H and O–H groups in total. The standard InChI is InChI=1S/C10H10F3N3S/c11-10(12,13)9(3-4-9)16-6-1-2-7(8(14)17)15-5-6/h1-2,5,16H,3-4H2,(H2,14,17). The van der Waals surface area contributed by atoms with E-state index in [-0.39, 0.29) is 17.8 Å². The number of halogens is 3. The van der Waals surface area contributed by atoms with E-state index in [1.165, 1.54) is 18.3 Å². The van der Waals surface area contributed by atoms with Crippen LogP contribution in [0.2, 0.25) is 0 Å². The van der Waals surface area contributed by atoms with E-state index in [0.717, 1.165) is 0 Å². The van der Waals surface area contributed by atoms with E-state index in [0.29, 0.717) is 11.4 Å². The van der Waals surface area contributed by atoms with Gasteiger partial charge in [0.1, 0.15) is 10.5 Å². The van der Waals surface area contributed by atoms with Crippen LogP contribution in [0.1, 0.15) is 18.5 Å². The smallest absolute Gasteiger partial charge is 0.388 e. The van der Waals surface area contributed by atoms with Crippen LogP contribution in [0.5, 0.6) is 0 Å². The Balaban J connectivity index is 2.13. The van der Waals surface area contributed by atoms with Crippen molar-refractivity contribution in [3.05, 3.63) is 24.0 Å². The van der Waals surface area contributed by atoms with Gasteiger partial charge in [0.05, 0.1) is 17.6 Å². The molecular weight excluding hydrogens is 251 g/mol. The maximum Gasteiger partial charge on any atom is 0.411 e. The molecular formula is C10H10F3N3S. The molecule has 0 atom stereocenters. The molecule has 0 aliphatic heterocycles. The molecule has 1 aromatic rings. The summed E-state index contributed by atoms with van der Waals surface area (Å²) in [6.07, 6.45) is -2.75. The van der Waals surface area contributed by atoms with Gasteiger partial charge in [-0.25, -0.2) is 0 Å². The summed E-state index contributed by atoms with van der Waals surface area (Å²) in [6, 6.07) is 2.99. The molecule has 0 unspecified atom stereocenters. The molecule has 17 heavy (non-hydrogen) atoms. The fourth-order valence-electron chi connectivity index (χ4n) is 1.49. The predicted molar refractivity (Wildman–Crippen MR) is 61.8 cm³/mol. The fourth-order valence-corrected chi connectivity index (χ4v) is 1.61. The van der Waals surface area contributed by atoms with Crippen LogP contribution in [0.3, 0.4) is 0 Å². The largest absolute Gasteiger partial charge is 0.411 e. The van der Waals surface area contributed by atoms with Gasteiger partial charge in [0, 0.05) is 0 Å². The molecule has 92 valence electrons. The maximum atomic E-state index is 12.7. The number of anilines is 1. The van der Waals surface area contributed by atoms with E-state index in [1.54, 1.807) is 0 Å². The molecule has 1 saturated carbocycles. The second-order valence-corrected chi connectivity index (χ2v) is 4.44. The van der Waals surface area contributed by atoms with Crippen molar-refractivity contribution in [2.75, 3.05) is 5.32 Å². The van der Waals surface area contributed by atoms with Crippen LogP contribution in [-0.4, -0.2) is 21.7 Å². The van der Waals surface area contributed by atoms with Crippen molar-refractivity contribution in [3.63, 3.8) is 0 Å². The lowest BCUT2D eigenvalue weighted by Crippen LogP contribution is -2.38. The number of nitrogens with one attached hydrogen (secondary N) is 1. The van der Waals surface area contributed by atoms with Gasteiger partial charge in [-0.2, -0.15) is 13.2 Å². The third-order valence-corrected chi connectivity index (χ3v) is 2.90. The third-order valence-electron chi connectivity index (χ3n) is 2.69. The summed E-state index contributed by atoms with van der Waals surface area (Å²) in [6.45, 7) is 0. The number of aromatic nitrogens is 1. The lowest BCUT2D eigenvalue weighted by atomic mass is 10.2. The Kier molecular flexibility index (Phi) is 2.73. The second-order valence-electron chi connectivity index (χ2n) is 4.00. The first-order valence-corrected chi connectivity index (χ1v) is 5.36. The number of pyridine rings is 1. The van der Waals surface area contributed by atoms with Gasteiger partial charge in [0.2, 0.25) is 0 Å². The molecule has 0 spiro atoms. The van der Waals surface area contributed by atoms with Gasteiger partial charge in [-0.15, -0.1) is 0 Å². The van der Waals surface area contributed by atoms with Crippen molar-refractivity contribution in [3.8, 4) is 0 Å². The van der Waals surface area contributed by atoms with Crippen molar-refractivity contribution in [2.24, 2.45) is 5.73 Å². The first kappa shape index (κ1) is 12.1. The minimum absolute atomic E-state index is 0.0908. The van der Waals surface area contributed by atoms with Crippen LogP contribution in [0.25, 0.3) is 0 Å². The zero-order valence-corrected chi connectivity index (χ0v) is 9.53. The summed E-state index contributed by atoms with van der Waals surface area (Å²) in [5, 5.41) is 2.46. The van der Waals surface area contributed by atoms with Gasteiger partial charge >= 0.3 is 6.18 Å². The Labute approximate surface area is 101 Å². The number of hydrogen-bond acceptors (Lipinski definition) is 3.